The molecule has 0 fully saturated rings. The molecule has 0 spiro atoms. The highest BCUT2D eigenvalue weighted by atomic mass is 16.5. The summed E-state index contributed by atoms with van der Waals surface area (Å²) in [5, 5.41) is 3.40. The number of imidazole rings is 1. The number of hydrogen-bond acceptors (Lipinski definition) is 4. The zero-order chi connectivity index (χ0) is 16.1. The van der Waals surface area contributed by atoms with E-state index in [4.69, 9.17) is 9.47 Å². The van der Waals surface area contributed by atoms with Crippen LogP contribution in [0.1, 0.15) is 18.3 Å². The fourth-order valence-electron chi connectivity index (χ4n) is 2.57. The molecule has 0 atom stereocenters. The lowest BCUT2D eigenvalue weighted by atomic mass is 10.2. The van der Waals surface area contributed by atoms with Crippen molar-refractivity contribution in [2.45, 2.75) is 20.0 Å². The lowest BCUT2D eigenvalue weighted by Crippen LogP contribution is -2.15. The van der Waals surface area contributed by atoms with Crippen LogP contribution in [0.15, 0.2) is 42.5 Å². The minimum atomic E-state index is 0.608. The molecule has 1 aromatic heterocycles. The van der Waals surface area contributed by atoms with Gasteiger partial charge < -0.3 is 19.8 Å². The van der Waals surface area contributed by atoms with E-state index in [-0.39, 0.29) is 0 Å². The van der Waals surface area contributed by atoms with Gasteiger partial charge in [0.2, 0.25) is 0 Å². The number of fused-ring (bicyclic) bond motifs is 1. The maximum Gasteiger partial charge on any atom is 0.165 e. The third kappa shape index (κ3) is 3.46. The minimum absolute atomic E-state index is 0.608. The van der Waals surface area contributed by atoms with Crippen molar-refractivity contribution in [1.29, 1.82) is 0 Å². The number of methoxy groups -OCH3 is 1. The van der Waals surface area contributed by atoms with Gasteiger partial charge in [-0.3, -0.25) is 0 Å². The first-order valence-corrected chi connectivity index (χ1v) is 7.75. The van der Waals surface area contributed by atoms with Gasteiger partial charge in [-0.05, 0) is 25.1 Å². The summed E-state index contributed by atoms with van der Waals surface area (Å²) in [5.74, 6) is 2.48. The number of aromatic amines is 1. The fraction of sp³-hybridized carbons (Fsp3) is 0.278. The average Bonchev–Trinajstić information content (AvgIpc) is 2.99. The van der Waals surface area contributed by atoms with Crippen LogP contribution in [-0.4, -0.2) is 23.7 Å². The van der Waals surface area contributed by atoms with Gasteiger partial charge >= 0.3 is 0 Å². The van der Waals surface area contributed by atoms with Crippen molar-refractivity contribution < 1.29 is 9.47 Å². The fourth-order valence-corrected chi connectivity index (χ4v) is 2.57. The maximum absolute atomic E-state index is 5.72. The van der Waals surface area contributed by atoms with Crippen molar-refractivity contribution in [2.24, 2.45) is 0 Å². The van der Waals surface area contributed by atoms with Crippen LogP contribution in [0.2, 0.25) is 0 Å². The van der Waals surface area contributed by atoms with E-state index in [1.165, 1.54) is 0 Å². The summed E-state index contributed by atoms with van der Waals surface area (Å²) < 4.78 is 11.1. The molecule has 1 heterocycles. The molecular weight excluding hydrogens is 290 g/mol. The molecule has 0 radical (unpaired) electrons. The molecule has 0 unspecified atom stereocenters. The van der Waals surface area contributed by atoms with Crippen LogP contribution in [-0.2, 0) is 13.1 Å². The SMILES string of the molecule is CCOc1c(CNCc2nc3ccccc3[nH]2)cccc1OC. The van der Waals surface area contributed by atoms with Crippen molar-refractivity contribution in [3.8, 4) is 11.5 Å². The average molecular weight is 311 g/mol. The monoisotopic (exact) mass is 311 g/mol. The van der Waals surface area contributed by atoms with E-state index in [0.717, 1.165) is 33.9 Å². The predicted octanol–water partition coefficient (Wildman–Crippen LogP) is 3.26. The van der Waals surface area contributed by atoms with Gasteiger partial charge in [0.25, 0.3) is 0 Å². The second-order valence-corrected chi connectivity index (χ2v) is 5.19. The number of nitrogens with one attached hydrogen (secondary N) is 2. The molecule has 0 aliphatic rings. The van der Waals surface area contributed by atoms with Crippen LogP contribution >= 0.6 is 0 Å². The lowest BCUT2D eigenvalue weighted by Gasteiger charge is -2.14. The van der Waals surface area contributed by atoms with Crippen LogP contribution in [0, 0.1) is 0 Å². The maximum atomic E-state index is 5.72. The Morgan fingerprint density at radius 3 is 2.74 bits per heavy atom. The number of ether oxygens (including phenoxy) is 2. The third-order valence-electron chi connectivity index (χ3n) is 3.62. The van der Waals surface area contributed by atoms with Gasteiger partial charge in [-0.1, -0.05) is 24.3 Å². The molecule has 3 rings (SSSR count). The normalized spacial score (nSPS) is 10.9. The third-order valence-corrected chi connectivity index (χ3v) is 3.62. The summed E-state index contributed by atoms with van der Waals surface area (Å²) in [7, 11) is 1.66. The molecule has 2 N–H and O–H groups in total. The van der Waals surface area contributed by atoms with Crippen molar-refractivity contribution >= 4 is 11.0 Å². The topological polar surface area (TPSA) is 59.2 Å². The smallest absolute Gasteiger partial charge is 0.165 e. The first-order chi connectivity index (χ1) is 11.3. The van der Waals surface area contributed by atoms with E-state index in [9.17, 15) is 0 Å². The minimum Gasteiger partial charge on any atom is -0.493 e. The van der Waals surface area contributed by atoms with E-state index in [0.29, 0.717) is 19.7 Å². The molecule has 5 nitrogen and oxygen atoms in total. The van der Waals surface area contributed by atoms with E-state index in [2.05, 4.69) is 15.3 Å². The van der Waals surface area contributed by atoms with Crippen LogP contribution in [0.3, 0.4) is 0 Å². The first-order valence-electron chi connectivity index (χ1n) is 7.75. The molecule has 0 amide bonds. The number of para-hydroxylation sites is 3. The molecule has 0 aliphatic carbocycles. The molecule has 0 bridgehead atoms. The number of aromatic nitrogens is 2. The van der Waals surface area contributed by atoms with Gasteiger partial charge in [-0.2, -0.15) is 0 Å². The van der Waals surface area contributed by atoms with Gasteiger partial charge in [-0.15, -0.1) is 0 Å². The second kappa shape index (κ2) is 7.15. The standard InChI is InChI=1S/C18H21N3O2/c1-3-23-18-13(7-6-10-16(18)22-2)11-19-12-17-20-14-8-4-5-9-15(14)21-17/h4-10,19H,3,11-12H2,1-2H3,(H,20,21). The highest BCUT2D eigenvalue weighted by Crippen LogP contribution is 2.31. The van der Waals surface area contributed by atoms with Crippen molar-refractivity contribution in [1.82, 2.24) is 15.3 Å². The first kappa shape index (κ1) is 15.4. The Labute approximate surface area is 135 Å². The lowest BCUT2D eigenvalue weighted by molar-refractivity contribution is 0.306. The number of nitrogens with zero attached hydrogens (tertiary/aromatic N) is 1. The van der Waals surface area contributed by atoms with Crippen molar-refractivity contribution in [3.05, 3.63) is 53.9 Å². The van der Waals surface area contributed by atoms with Gasteiger partial charge in [0.05, 0.1) is 31.3 Å². The highest BCUT2D eigenvalue weighted by Gasteiger charge is 2.10. The van der Waals surface area contributed by atoms with E-state index in [1.807, 2.05) is 49.4 Å². The summed E-state index contributed by atoms with van der Waals surface area (Å²) in [6.45, 7) is 3.93. The number of rotatable bonds is 7. The Balaban J connectivity index is 1.68. The van der Waals surface area contributed by atoms with Crippen LogP contribution in [0.4, 0.5) is 0 Å². The Hall–Kier alpha value is -2.53. The van der Waals surface area contributed by atoms with Gasteiger partial charge in [0, 0.05) is 12.1 Å². The molecule has 120 valence electrons. The second-order valence-electron chi connectivity index (χ2n) is 5.19. The Morgan fingerprint density at radius 1 is 1.09 bits per heavy atom. The zero-order valence-electron chi connectivity index (χ0n) is 13.4. The Bertz CT molecular complexity index is 750. The molecule has 0 aliphatic heterocycles. The summed E-state index contributed by atoms with van der Waals surface area (Å²) in [6.07, 6.45) is 0. The van der Waals surface area contributed by atoms with E-state index >= 15 is 0 Å². The predicted molar refractivity (Wildman–Crippen MR) is 90.8 cm³/mol. The van der Waals surface area contributed by atoms with Crippen LogP contribution in [0.5, 0.6) is 11.5 Å². The summed E-state index contributed by atoms with van der Waals surface area (Å²) >= 11 is 0. The Morgan fingerprint density at radius 2 is 1.96 bits per heavy atom. The van der Waals surface area contributed by atoms with E-state index in [1.54, 1.807) is 7.11 Å². The van der Waals surface area contributed by atoms with Gasteiger partial charge in [0.15, 0.2) is 11.5 Å². The number of benzene rings is 2. The molecule has 0 saturated heterocycles. The summed E-state index contributed by atoms with van der Waals surface area (Å²) in [4.78, 5) is 7.88. The van der Waals surface area contributed by atoms with Gasteiger partial charge in [-0.25, -0.2) is 4.98 Å². The van der Waals surface area contributed by atoms with Crippen molar-refractivity contribution in [3.63, 3.8) is 0 Å². The molecule has 3 aromatic rings. The van der Waals surface area contributed by atoms with Crippen LogP contribution < -0.4 is 14.8 Å². The summed E-state index contributed by atoms with van der Waals surface area (Å²) in [6, 6.07) is 13.9. The summed E-state index contributed by atoms with van der Waals surface area (Å²) in [5.41, 5.74) is 3.11. The van der Waals surface area contributed by atoms with E-state index < -0.39 is 0 Å². The molecule has 0 saturated carbocycles. The Kier molecular flexibility index (Phi) is 4.78. The number of H-pyrrole nitrogens is 1. The molecule has 23 heavy (non-hydrogen) atoms. The molecule has 2 aromatic carbocycles. The molecular formula is C18H21N3O2. The zero-order valence-corrected chi connectivity index (χ0v) is 13.4. The van der Waals surface area contributed by atoms with Crippen molar-refractivity contribution in [2.75, 3.05) is 13.7 Å². The highest BCUT2D eigenvalue weighted by molar-refractivity contribution is 5.74. The quantitative estimate of drug-likeness (QED) is 0.703. The largest absolute Gasteiger partial charge is 0.493 e. The van der Waals surface area contributed by atoms with Gasteiger partial charge in [0.1, 0.15) is 5.82 Å². The molecule has 5 heteroatoms. The number of hydrogen-bond donors (Lipinski definition) is 2. The van der Waals surface area contributed by atoms with Crippen LogP contribution in [0.25, 0.3) is 11.0 Å².